The van der Waals surface area contributed by atoms with Crippen molar-refractivity contribution in [1.82, 2.24) is 24.5 Å². The largest absolute Gasteiger partial charge is 0.365 e. The number of hydrogen-bond acceptors (Lipinski definition) is 3. The molecule has 0 saturated heterocycles. The summed E-state index contributed by atoms with van der Waals surface area (Å²) in [6.45, 7) is 1.30. The van der Waals surface area contributed by atoms with Gasteiger partial charge in [0, 0.05) is 43.7 Å². The fraction of sp³-hybridized carbons (Fsp3) is 0.214. The average molecular weight is 302 g/mol. The smallest absolute Gasteiger partial charge is 0.274 e. The molecule has 0 bridgehead atoms. The first-order chi connectivity index (χ1) is 10.2. The molecule has 0 atom stereocenters. The molecule has 1 amide bonds. The number of halogens is 1. The van der Waals surface area contributed by atoms with E-state index in [2.05, 4.69) is 15.1 Å². The highest BCUT2D eigenvalue weighted by molar-refractivity contribution is 6.30. The van der Waals surface area contributed by atoms with Crippen molar-refractivity contribution in [3.63, 3.8) is 0 Å². The highest BCUT2D eigenvalue weighted by Gasteiger charge is 2.24. The number of nitrogens with one attached hydrogen (secondary N) is 1. The maximum Gasteiger partial charge on any atom is 0.274 e. The number of fused-ring (bicyclic) bond motifs is 2. The summed E-state index contributed by atoms with van der Waals surface area (Å²) in [5, 5.41) is 4.75. The monoisotopic (exact) mass is 301 g/mol. The van der Waals surface area contributed by atoms with Gasteiger partial charge in [0.05, 0.1) is 11.2 Å². The van der Waals surface area contributed by atoms with Crippen LogP contribution in [0.5, 0.6) is 0 Å². The molecule has 0 radical (unpaired) electrons. The number of H-pyrrole nitrogens is 1. The number of nitrogens with zero attached hydrogens (tertiary/aromatic N) is 4. The van der Waals surface area contributed by atoms with Crippen molar-refractivity contribution in [1.29, 1.82) is 0 Å². The molecule has 7 heteroatoms. The molecular weight excluding hydrogens is 290 g/mol. The van der Waals surface area contributed by atoms with Crippen molar-refractivity contribution < 1.29 is 4.79 Å². The molecule has 3 aromatic rings. The first-order valence-corrected chi connectivity index (χ1v) is 7.04. The fourth-order valence-electron chi connectivity index (χ4n) is 2.64. The summed E-state index contributed by atoms with van der Waals surface area (Å²) in [5.74, 6) is -0.0801. The Hall–Kier alpha value is -2.34. The third kappa shape index (κ3) is 2.08. The van der Waals surface area contributed by atoms with Crippen LogP contribution in [-0.2, 0) is 13.0 Å². The van der Waals surface area contributed by atoms with Gasteiger partial charge in [-0.1, -0.05) is 11.6 Å². The van der Waals surface area contributed by atoms with Crippen molar-refractivity contribution in [3.8, 4) is 0 Å². The molecule has 1 aliphatic rings. The van der Waals surface area contributed by atoms with Gasteiger partial charge >= 0.3 is 0 Å². The lowest BCUT2D eigenvalue weighted by atomic mass is 10.1. The molecule has 0 saturated carbocycles. The van der Waals surface area contributed by atoms with E-state index in [-0.39, 0.29) is 5.91 Å². The van der Waals surface area contributed by atoms with Gasteiger partial charge in [-0.2, -0.15) is 5.10 Å². The molecule has 0 aliphatic carbocycles. The molecule has 1 N–H and O–H groups in total. The van der Waals surface area contributed by atoms with E-state index in [1.165, 1.54) is 15.8 Å². The number of carbonyl (C=O) groups excluding carboxylic acids is 1. The van der Waals surface area contributed by atoms with Crippen molar-refractivity contribution in [2.45, 2.75) is 13.0 Å². The molecular formula is C14H12ClN5O. The quantitative estimate of drug-likeness (QED) is 0.746. The topological polar surface area (TPSA) is 66.3 Å². The highest BCUT2D eigenvalue weighted by Crippen LogP contribution is 2.19. The Morgan fingerprint density at radius 2 is 2.33 bits per heavy atom. The minimum Gasteiger partial charge on any atom is -0.365 e. The molecule has 0 aromatic carbocycles. The van der Waals surface area contributed by atoms with Gasteiger partial charge in [-0.25, -0.2) is 9.50 Å². The van der Waals surface area contributed by atoms with E-state index in [0.29, 0.717) is 29.5 Å². The van der Waals surface area contributed by atoms with Crippen molar-refractivity contribution >= 4 is 23.2 Å². The second-order valence-electron chi connectivity index (χ2n) is 5.06. The van der Waals surface area contributed by atoms with Crippen LogP contribution < -0.4 is 0 Å². The number of carbonyl (C=O) groups is 1. The first kappa shape index (κ1) is 12.4. The van der Waals surface area contributed by atoms with Crippen LogP contribution in [0, 0.1) is 0 Å². The van der Waals surface area contributed by atoms with E-state index >= 15 is 0 Å². The van der Waals surface area contributed by atoms with Crippen LogP contribution in [0.2, 0.25) is 5.02 Å². The first-order valence-electron chi connectivity index (χ1n) is 6.66. The minimum absolute atomic E-state index is 0.0801. The second kappa shape index (κ2) is 4.60. The van der Waals surface area contributed by atoms with Gasteiger partial charge in [0.15, 0.2) is 11.3 Å². The Bertz CT molecular complexity index is 837. The minimum atomic E-state index is -0.0801. The average Bonchev–Trinajstić information content (AvgIpc) is 3.11. The maximum atomic E-state index is 12.6. The van der Waals surface area contributed by atoms with Crippen LogP contribution in [0.3, 0.4) is 0 Å². The lowest BCUT2D eigenvalue weighted by Gasteiger charge is -2.26. The molecule has 0 unspecified atom stereocenters. The van der Waals surface area contributed by atoms with Gasteiger partial charge in [0.2, 0.25) is 0 Å². The van der Waals surface area contributed by atoms with Crippen LogP contribution in [0.15, 0.2) is 30.7 Å². The summed E-state index contributed by atoms with van der Waals surface area (Å²) >= 11 is 5.88. The Morgan fingerprint density at radius 1 is 1.43 bits per heavy atom. The molecule has 3 aromatic heterocycles. The zero-order valence-electron chi connectivity index (χ0n) is 11.1. The van der Waals surface area contributed by atoms with E-state index < -0.39 is 0 Å². The fourth-order valence-corrected chi connectivity index (χ4v) is 2.78. The van der Waals surface area contributed by atoms with Gasteiger partial charge in [-0.05, 0) is 11.6 Å². The van der Waals surface area contributed by atoms with E-state index in [0.717, 1.165) is 6.42 Å². The molecule has 6 nitrogen and oxygen atoms in total. The standard InChI is InChI=1S/C14H12ClN5O/c15-10-6-17-13-5-12(18-20(13)8-10)14(21)19-4-2-11-9(7-19)1-3-16-11/h1,3,5-6,8,16H,2,4,7H2. The Kier molecular flexibility index (Phi) is 2.71. The van der Waals surface area contributed by atoms with Crippen molar-refractivity contribution in [2.75, 3.05) is 6.54 Å². The summed E-state index contributed by atoms with van der Waals surface area (Å²) in [7, 11) is 0. The summed E-state index contributed by atoms with van der Waals surface area (Å²) in [6, 6.07) is 3.70. The Balaban J connectivity index is 1.64. The molecule has 0 fully saturated rings. The number of hydrogen-bond donors (Lipinski definition) is 1. The normalized spacial score (nSPS) is 14.4. The van der Waals surface area contributed by atoms with E-state index in [1.54, 1.807) is 23.4 Å². The molecule has 0 spiro atoms. The van der Waals surface area contributed by atoms with Crippen LogP contribution in [0.25, 0.3) is 5.65 Å². The predicted molar refractivity (Wildman–Crippen MR) is 77.2 cm³/mol. The van der Waals surface area contributed by atoms with Crippen LogP contribution >= 0.6 is 11.6 Å². The zero-order valence-corrected chi connectivity index (χ0v) is 11.8. The number of aromatic nitrogens is 4. The second-order valence-corrected chi connectivity index (χ2v) is 5.50. The Labute approximate surface area is 125 Å². The zero-order chi connectivity index (χ0) is 14.4. The number of amides is 1. The molecule has 4 heterocycles. The SMILES string of the molecule is O=C(c1cc2ncc(Cl)cn2n1)N1CCc2[nH]ccc2C1. The molecule has 106 valence electrons. The van der Waals surface area contributed by atoms with Crippen LogP contribution in [-0.4, -0.2) is 36.9 Å². The van der Waals surface area contributed by atoms with Crippen molar-refractivity contribution in [2.24, 2.45) is 0 Å². The third-order valence-corrected chi connectivity index (χ3v) is 3.91. The van der Waals surface area contributed by atoms with E-state index in [1.807, 2.05) is 12.3 Å². The lowest BCUT2D eigenvalue weighted by molar-refractivity contribution is 0.0728. The third-order valence-electron chi connectivity index (χ3n) is 3.71. The summed E-state index contributed by atoms with van der Waals surface area (Å²) < 4.78 is 1.53. The molecule has 1 aliphatic heterocycles. The molecule has 21 heavy (non-hydrogen) atoms. The summed E-state index contributed by atoms with van der Waals surface area (Å²) in [4.78, 5) is 21.7. The predicted octanol–water partition coefficient (Wildman–Crippen LogP) is 1.91. The lowest BCUT2D eigenvalue weighted by Crippen LogP contribution is -2.35. The van der Waals surface area contributed by atoms with Gasteiger partial charge in [0.25, 0.3) is 5.91 Å². The van der Waals surface area contributed by atoms with Crippen LogP contribution in [0.1, 0.15) is 21.7 Å². The number of rotatable bonds is 1. The van der Waals surface area contributed by atoms with Crippen LogP contribution in [0.4, 0.5) is 0 Å². The van der Waals surface area contributed by atoms with Gasteiger partial charge in [-0.3, -0.25) is 4.79 Å². The van der Waals surface area contributed by atoms with E-state index in [4.69, 9.17) is 11.6 Å². The van der Waals surface area contributed by atoms with Gasteiger partial charge in [0.1, 0.15) is 0 Å². The van der Waals surface area contributed by atoms with Gasteiger partial charge in [-0.15, -0.1) is 0 Å². The summed E-state index contributed by atoms with van der Waals surface area (Å²) in [5.41, 5.74) is 3.38. The molecule has 4 rings (SSSR count). The van der Waals surface area contributed by atoms with E-state index in [9.17, 15) is 4.79 Å². The summed E-state index contributed by atoms with van der Waals surface area (Å²) in [6.07, 6.45) is 5.93. The Morgan fingerprint density at radius 3 is 3.24 bits per heavy atom. The number of aromatic amines is 1. The maximum absolute atomic E-state index is 12.6. The highest BCUT2D eigenvalue weighted by atomic mass is 35.5. The van der Waals surface area contributed by atoms with Gasteiger partial charge < -0.3 is 9.88 Å². The van der Waals surface area contributed by atoms with Crippen molar-refractivity contribution in [3.05, 3.63) is 52.7 Å².